The molecule has 2 N–H and O–H groups in total. The van der Waals surface area contributed by atoms with Crippen molar-refractivity contribution >= 4 is 23.8 Å². The van der Waals surface area contributed by atoms with Gasteiger partial charge in [-0.1, -0.05) is 41.6 Å². The molecular weight excluding hydrogens is 272 g/mol. The maximum absolute atomic E-state index is 5.82. The molecule has 2 aromatic rings. The molecule has 0 aromatic heterocycles. The molecule has 0 bridgehead atoms. The second-order valence-electron chi connectivity index (χ2n) is 4.71. The lowest BCUT2D eigenvalue weighted by Crippen LogP contribution is -1.98. The molecule has 104 valence electrons. The molecule has 0 aliphatic heterocycles. The Morgan fingerprint density at radius 2 is 1.85 bits per heavy atom. The number of nitrogens with two attached hydrogens (primary N) is 1. The molecule has 0 amide bonds. The maximum atomic E-state index is 5.82. The third-order valence-corrected chi connectivity index (χ3v) is 3.32. The standard InChI is InChI=1S/C16H16N2O.ClH/c17-14-8-6-13-7-9-16(15(13)10-14)18-19-11-12-4-2-1-3-5-12;/h1-6,8,10H,7,9,11,17H2;1H. The smallest absolute Gasteiger partial charge is 0.142 e. The number of anilines is 1. The first-order chi connectivity index (χ1) is 9.33. The van der Waals surface area contributed by atoms with Crippen molar-refractivity contribution in [3.05, 3.63) is 65.2 Å². The first kappa shape index (κ1) is 14.4. The van der Waals surface area contributed by atoms with E-state index in [9.17, 15) is 0 Å². The van der Waals surface area contributed by atoms with Crippen molar-refractivity contribution in [2.75, 3.05) is 5.73 Å². The molecule has 3 rings (SSSR count). The molecule has 0 saturated carbocycles. The third kappa shape index (κ3) is 3.11. The lowest BCUT2D eigenvalue weighted by molar-refractivity contribution is 0.130. The summed E-state index contributed by atoms with van der Waals surface area (Å²) >= 11 is 0. The van der Waals surface area contributed by atoms with Crippen LogP contribution in [0.3, 0.4) is 0 Å². The van der Waals surface area contributed by atoms with Gasteiger partial charge >= 0.3 is 0 Å². The number of nitrogens with zero attached hydrogens (tertiary/aromatic N) is 1. The van der Waals surface area contributed by atoms with Gasteiger partial charge in [-0.2, -0.15) is 0 Å². The van der Waals surface area contributed by atoms with Crippen LogP contribution < -0.4 is 5.73 Å². The molecule has 0 fully saturated rings. The Morgan fingerprint density at radius 1 is 1.05 bits per heavy atom. The van der Waals surface area contributed by atoms with Crippen molar-refractivity contribution in [3.8, 4) is 0 Å². The van der Waals surface area contributed by atoms with E-state index >= 15 is 0 Å². The fraction of sp³-hybridized carbons (Fsp3) is 0.188. The molecule has 3 nitrogen and oxygen atoms in total. The third-order valence-electron chi connectivity index (χ3n) is 3.32. The van der Waals surface area contributed by atoms with Crippen molar-refractivity contribution in [3.63, 3.8) is 0 Å². The monoisotopic (exact) mass is 288 g/mol. The number of benzene rings is 2. The van der Waals surface area contributed by atoms with Gasteiger partial charge in [-0.25, -0.2) is 0 Å². The van der Waals surface area contributed by atoms with Gasteiger partial charge in [-0.15, -0.1) is 12.4 Å². The number of oxime groups is 1. The second kappa shape index (κ2) is 6.44. The van der Waals surface area contributed by atoms with Crippen LogP contribution in [-0.4, -0.2) is 5.71 Å². The fourth-order valence-corrected chi connectivity index (χ4v) is 2.32. The summed E-state index contributed by atoms with van der Waals surface area (Å²) in [5, 5.41) is 4.26. The Hall–Kier alpha value is -2.00. The lowest BCUT2D eigenvalue weighted by atomic mass is 10.1. The number of fused-ring (bicyclic) bond motifs is 1. The zero-order valence-corrected chi connectivity index (χ0v) is 11.9. The predicted octanol–water partition coefficient (Wildman–Crippen LogP) is 3.56. The van der Waals surface area contributed by atoms with Crippen molar-refractivity contribution in [1.82, 2.24) is 0 Å². The van der Waals surface area contributed by atoms with Crippen LogP contribution in [0.5, 0.6) is 0 Å². The minimum absolute atomic E-state index is 0. The first-order valence-corrected chi connectivity index (χ1v) is 6.44. The molecule has 2 aromatic carbocycles. The number of hydrogen-bond donors (Lipinski definition) is 1. The number of halogens is 1. The van der Waals surface area contributed by atoms with Gasteiger partial charge < -0.3 is 10.6 Å². The van der Waals surface area contributed by atoms with E-state index in [2.05, 4.69) is 11.2 Å². The van der Waals surface area contributed by atoms with Crippen LogP contribution in [0.1, 0.15) is 23.1 Å². The van der Waals surface area contributed by atoms with E-state index in [1.54, 1.807) is 0 Å². The van der Waals surface area contributed by atoms with Gasteiger partial charge in [0, 0.05) is 11.3 Å². The van der Waals surface area contributed by atoms with Gasteiger partial charge in [-0.3, -0.25) is 0 Å². The summed E-state index contributed by atoms with van der Waals surface area (Å²) in [6.07, 6.45) is 1.94. The molecule has 0 heterocycles. The van der Waals surface area contributed by atoms with E-state index in [-0.39, 0.29) is 12.4 Å². The highest BCUT2D eigenvalue weighted by Gasteiger charge is 2.18. The van der Waals surface area contributed by atoms with Crippen LogP contribution in [0.25, 0.3) is 0 Å². The number of nitrogen functional groups attached to an aromatic ring is 1. The Morgan fingerprint density at radius 3 is 2.65 bits per heavy atom. The zero-order chi connectivity index (χ0) is 13.1. The summed E-state index contributed by atoms with van der Waals surface area (Å²) in [6, 6.07) is 16.0. The summed E-state index contributed by atoms with van der Waals surface area (Å²) in [5.41, 5.74) is 11.1. The summed E-state index contributed by atoms with van der Waals surface area (Å²) in [5.74, 6) is 0. The van der Waals surface area contributed by atoms with Crippen molar-refractivity contribution in [2.45, 2.75) is 19.4 Å². The normalized spacial score (nSPS) is 14.7. The number of aryl methyl sites for hydroxylation is 1. The van der Waals surface area contributed by atoms with Crippen LogP contribution in [0, 0.1) is 0 Å². The molecule has 1 aliphatic carbocycles. The Balaban J connectivity index is 0.00000147. The van der Waals surface area contributed by atoms with Gasteiger partial charge in [0.05, 0.1) is 5.71 Å². The van der Waals surface area contributed by atoms with E-state index in [0.29, 0.717) is 6.61 Å². The van der Waals surface area contributed by atoms with Crippen LogP contribution in [-0.2, 0) is 17.9 Å². The average molecular weight is 289 g/mol. The van der Waals surface area contributed by atoms with E-state index in [0.717, 1.165) is 35.4 Å². The Labute approximate surface area is 124 Å². The van der Waals surface area contributed by atoms with E-state index in [4.69, 9.17) is 10.6 Å². The van der Waals surface area contributed by atoms with E-state index in [1.807, 2.05) is 42.5 Å². The summed E-state index contributed by atoms with van der Waals surface area (Å²) in [7, 11) is 0. The maximum Gasteiger partial charge on any atom is 0.142 e. The zero-order valence-electron chi connectivity index (χ0n) is 11.1. The minimum Gasteiger partial charge on any atom is -0.399 e. The van der Waals surface area contributed by atoms with Crippen LogP contribution >= 0.6 is 12.4 Å². The summed E-state index contributed by atoms with van der Waals surface area (Å²) < 4.78 is 0. The van der Waals surface area contributed by atoms with Crippen molar-refractivity contribution in [2.24, 2.45) is 5.16 Å². The van der Waals surface area contributed by atoms with Gasteiger partial charge in [0.25, 0.3) is 0 Å². The average Bonchev–Trinajstić information content (AvgIpc) is 2.83. The summed E-state index contributed by atoms with van der Waals surface area (Å²) in [4.78, 5) is 5.45. The topological polar surface area (TPSA) is 47.6 Å². The Bertz CT molecular complexity index is 611. The van der Waals surface area contributed by atoms with Crippen molar-refractivity contribution < 1.29 is 4.84 Å². The van der Waals surface area contributed by atoms with Crippen LogP contribution in [0.2, 0.25) is 0 Å². The highest BCUT2D eigenvalue weighted by Crippen LogP contribution is 2.24. The van der Waals surface area contributed by atoms with Gasteiger partial charge in [0.2, 0.25) is 0 Å². The van der Waals surface area contributed by atoms with Crippen molar-refractivity contribution in [1.29, 1.82) is 0 Å². The van der Waals surface area contributed by atoms with Gasteiger partial charge in [0.1, 0.15) is 6.61 Å². The largest absolute Gasteiger partial charge is 0.399 e. The molecular formula is C16H17ClN2O. The molecule has 0 unspecified atom stereocenters. The molecule has 0 spiro atoms. The quantitative estimate of drug-likeness (QED) is 0.693. The van der Waals surface area contributed by atoms with Gasteiger partial charge in [0.15, 0.2) is 0 Å². The number of hydrogen-bond acceptors (Lipinski definition) is 3. The highest BCUT2D eigenvalue weighted by molar-refractivity contribution is 6.04. The van der Waals surface area contributed by atoms with E-state index in [1.165, 1.54) is 5.56 Å². The number of rotatable bonds is 3. The Kier molecular flexibility index (Phi) is 4.64. The minimum atomic E-state index is 0. The van der Waals surface area contributed by atoms with Crippen LogP contribution in [0.4, 0.5) is 5.69 Å². The van der Waals surface area contributed by atoms with Gasteiger partial charge in [-0.05, 0) is 36.1 Å². The first-order valence-electron chi connectivity index (χ1n) is 6.44. The fourth-order valence-electron chi connectivity index (χ4n) is 2.32. The van der Waals surface area contributed by atoms with Crippen LogP contribution in [0.15, 0.2) is 53.7 Å². The molecule has 4 heteroatoms. The second-order valence-corrected chi connectivity index (χ2v) is 4.71. The molecule has 0 saturated heterocycles. The predicted molar refractivity (Wildman–Crippen MR) is 84.2 cm³/mol. The summed E-state index contributed by atoms with van der Waals surface area (Å²) in [6.45, 7) is 0.502. The molecule has 0 radical (unpaired) electrons. The molecule has 20 heavy (non-hydrogen) atoms. The molecule has 0 atom stereocenters. The highest BCUT2D eigenvalue weighted by atomic mass is 35.5. The SMILES string of the molecule is Cl.Nc1ccc2c(c1)C(=NOCc1ccccc1)CC2. The van der Waals surface area contributed by atoms with E-state index < -0.39 is 0 Å². The molecule has 1 aliphatic rings. The lowest BCUT2D eigenvalue weighted by Gasteiger charge is -2.03.